The highest BCUT2D eigenvalue weighted by atomic mass is 79.9. The highest BCUT2D eigenvalue weighted by Gasteiger charge is 2.18. The number of aromatic nitrogens is 1. The van der Waals surface area contributed by atoms with Gasteiger partial charge in [-0.15, -0.1) is 0 Å². The summed E-state index contributed by atoms with van der Waals surface area (Å²) < 4.78 is 9.28. The van der Waals surface area contributed by atoms with E-state index in [0.717, 1.165) is 41.6 Å². The van der Waals surface area contributed by atoms with Gasteiger partial charge in [0.25, 0.3) is 0 Å². The van der Waals surface area contributed by atoms with Crippen molar-refractivity contribution in [1.82, 2.24) is 4.98 Å². The molecule has 0 saturated carbocycles. The van der Waals surface area contributed by atoms with Gasteiger partial charge in [-0.05, 0) is 48.5 Å². The minimum absolute atomic E-state index is 0.605. The largest absolute Gasteiger partial charge is 0.435 e. The zero-order valence-electron chi connectivity index (χ0n) is 13.4. The quantitative estimate of drug-likeness (QED) is 0.267. The molecule has 0 unspecified atom stereocenters. The first-order chi connectivity index (χ1) is 12.6. The minimum atomic E-state index is 0.605. The van der Waals surface area contributed by atoms with Gasteiger partial charge in [-0.25, -0.2) is 4.98 Å². The molecule has 2 nitrogen and oxygen atoms in total. The number of nitrogens with zero attached hydrogens (tertiary/aromatic N) is 1. The van der Waals surface area contributed by atoms with Crippen molar-refractivity contribution in [3.63, 3.8) is 0 Å². The molecule has 0 radical (unpaired) electrons. The molecule has 0 bridgehead atoms. The topological polar surface area (TPSA) is 26.0 Å². The van der Waals surface area contributed by atoms with E-state index >= 15 is 0 Å². The van der Waals surface area contributed by atoms with E-state index in [1.54, 1.807) is 0 Å². The second kappa shape index (κ2) is 7.51. The lowest BCUT2D eigenvalue weighted by atomic mass is 10.1. The summed E-state index contributed by atoms with van der Waals surface area (Å²) in [4.78, 5) is 4.80. The van der Waals surface area contributed by atoms with Gasteiger partial charge in [-0.1, -0.05) is 72.1 Å². The molecule has 1 aromatic heterocycles. The number of benzene rings is 3. The summed E-state index contributed by atoms with van der Waals surface area (Å²) in [5.41, 5.74) is 3.77. The van der Waals surface area contributed by atoms with Crippen LogP contribution in [0.15, 0.2) is 90.6 Å². The van der Waals surface area contributed by atoms with Gasteiger partial charge in [0.05, 0.1) is 0 Å². The third kappa shape index (κ3) is 3.70. The molecule has 26 heavy (non-hydrogen) atoms. The van der Waals surface area contributed by atoms with Gasteiger partial charge in [0.15, 0.2) is 5.76 Å². The Bertz CT molecular complexity index is 973. The van der Waals surface area contributed by atoms with E-state index in [0.29, 0.717) is 5.89 Å². The van der Waals surface area contributed by atoms with Crippen LogP contribution in [0.3, 0.4) is 0 Å². The molecule has 0 aliphatic heterocycles. The highest BCUT2D eigenvalue weighted by molar-refractivity contribution is 9.11. The number of rotatable bonds is 3. The number of halogens is 3. The molecule has 4 rings (SSSR count). The fourth-order valence-corrected chi connectivity index (χ4v) is 3.43. The van der Waals surface area contributed by atoms with Crippen molar-refractivity contribution in [2.24, 2.45) is 0 Å². The molecule has 1 heterocycles. The number of oxazole rings is 1. The highest BCUT2D eigenvalue weighted by Crippen LogP contribution is 2.37. The van der Waals surface area contributed by atoms with Crippen molar-refractivity contribution in [3.8, 4) is 34.0 Å². The smallest absolute Gasteiger partial charge is 0.227 e. The average molecular weight is 534 g/mol. The van der Waals surface area contributed by atoms with Crippen molar-refractivity contribution < 1.29 is 4.42 Å². The summed E-state index contributed by atoms with van der Waals surface area (Å²) in [5.74, 6) is 1.37. The zero-order chi connectivity index (χ0) is 18.1. The molecule has 0 saturated heterocycles. The summed E-state index contributed by atoms with van der Waals surface area (Å²) in [6, 6.07) is 24.1. The van der Waals surface area contributed by atoms with Crippen molar-refractivity contribution in [2.45, 2.75) is 0 Å². The van der Waals surface area contributed by atoms with Crippen LogP contribution < -0.4 is 0 Å². The van der Waals surface area contributed by atoms with E-state index in [1.165, 1.54) is 0 Å². The second-order valence-electron chi connectivity index (χ2n) is 5.72. The van der Waals surface area contributed by atoms with Crippen LogP contribution in [0.5, 0.6) is 0 Å². The van der Waals surface area contributed by atoms with Gasteiger partial charge >= 0.3 is 0 Å². The molecule has 3 aromatic carbocycles. The molecular weight excluding hydrogens is 522 g/mol. The van der Waals surface area contributed by atoms with Crippen LogP contribution >= 0.6 is 47.8 Å². The average Bonchev–Trinajstić information content (AvgIpc) is 3.09. The summed E-state index contributed by atoms with van der Waals surface area (Å²) in [7, 11) is 0. The van der Waals surface area contributed by atoms with Gasteiger partial charge in [-0.2, -0.15) is 0 Å². The molecule has 5 heteroatoms. The molecule has 4 aromatic rings. The maximum absolute atomic E-state index is 6.20. The molecule has 0 N–H and O–H groups in total. The Morgan fingerprint density at radius 2 is 0.962 bits per heavy atom. The normalized spacial score (nSPS) is 10.9. The first-order valence-corrected chi connectivity index (χ1v) is 10.3. The van der Waals surface area contributed by atoms with Crippen LogP contribution in [0.4, 0.5) is 0 Å². The van der Waals surface area contributed by atoms with E-state index in [4.69, 9.17) is 9.40 Å². The van der Waals surface area contributed by atoms with Crippen LogP contribution in [0, 0.1) is 0 Å². The Labute approximate surface area is 176 Å². The lowest BCUT2D eigenvalue weighted by Crippen LogP contribution is -1.83. The Morgan fingerprint density at radius 3 is 1.46 bits per heavy atom. The fraction of sp³-hybridized carbons (Fsp3) is 0. The van der Waals surface area contributed by atoms with Crippen LogP contribution in [0.25, 0.3) is 34.0 Å². The van der Waals surface area contributed by atoms with Crippen LogP contribution in [0.2, 0.25) is 0 Å². The van der Waals surface area contributed by atoms with E-state index in [1.807, 2.05) is 72.8 Å². The molecule has 128 valence electrons. The van der Waals surface area contributed by atoms with Crippen LogP contribution in [0.1, 0.15) is 0 Å². The molecule has 0 amide bonds. The van der Waals surface area contributed by atoms with E-state index < -0.39 is 0 Å². The molecule has 0 spiro atoms. The SMILES string of the molecule is Brc1ccc(-c2nc(-c3ccc(Br)cc3)c(-c3ccc(Br)cc3)o2)cc1. The van der Waals surface area contributed by atoms with Gasteiger partial charge in [-0.3, -0.25) is 0 Å². The molecule has 0 aliphatic carbocycles. The van der Waals surface area contributed by atoms with Gasteiger partial charge in [0.2, 0.25) is 5.89 Å². The molecular formula is C21H12Br3NO. The van der Waals surface area contributed by atoms with E-state index in [2.05, 4.69) is 47.8 Å². The van der Waals surface area contributed by atoms with Gasteiger partial charge in [0.1, 0.15) is 5.69 Å². The summed E-state index contributed by atoms with van der Waals surface area (Å²) >= 11 is 10.4. The standard InChI is InChI=1S/C21H12Br3NO/c22-16-7-1-13(2-8-16)19-20(14-3-9-17(23)10-4-14)26-21(25-19)15-5-11-18(24)12-6-15/h1-12H. The van der Waals surface area contributed by atoms with Crippen molar-refractivity contribution >= 4 is 47.8 Å². The van der Waals surface area contributed by atoms with Crippen LogP contribution in [-0.4, -0.2) is 4.98 Å². The monoisotopic (exact) mass is 531 g/mol. The summed E-state index contributed by atoms with van der Waals surface area (Å²) in [6.45, 7) is 0. The number of hydrogen-bond donors (Lipinski definition) is 0. The lowest BCUT2D eigenvalue weighted by molar-refractivity contribution is 0.589. The summed E-state index contributed by atoms with van der Waals surface area (Å²) in [6.07, 6.45) is 0. The predicted molar refractivity (Wildman–Crippen MR) is 116 cm³/mol. The first kappa shape index (κ1) is 17.7. The van der Waals surface area contributed by atoms with E-state index in [9.17, 15) is 0 Å². The minimum Gasteiger partial charge on any atom is -0.435 e. The Morgan fingerprint density at radius 1 is 0.538 bits per heavy atom. The Balaban J connectivity index is 1.88. The van der Waals surface area contributed by atoms with Gasteiger partial charge < -0.3 is 4.42 Å². The Hall–Kier alpha value is -1.69. The third-order valence-corrected chi connectivity index (χ3v) is 5.53. The van der Waals surface area contributed by atoms with Crippen LogP contribution in [-0.2, 0) is 0 Å². The second-order valence-corrected chi connectivity index (χ2v) is 8.46. The summed E-state index contributed by atoms with van der Waals surface area (Å²) in [5, 5.41) is 0. The van der Waals surface area contributed by atoms with Crippen molar-refractivity contribution in [3.05, 3.63) is 86.2 Å². The van der Waals surface area contributed by atoms with E-state index in [-0.39, 0.29) is 0 Å². The first-order valence-electron chi connectivity index (χ1n) is 7.89. The predicted octanol–water partition coefficient (Wildman–Crippen LogP) is 7.96. The molecule has 0 atom stereocenters. The zero-order valence-corrected chi connectivity index (χ0v) is 18.2. The van der Waals surface area contributed by atoms with Crippen molar-refractivity contribution in [2.75, 3.05) is 0 Å². The molecule has 0 fully saturated rings. The maximum Gasteiger partial charge on any atom is 0.227 e. The fourth-order valence-electron chi connectivity index (χ4n) is 2.64. The Kier molecular flexibility index (Phi) is 5.11. The number of hydrogen-bond acceptors (Lipinski definition) is 2. The van der Waals surface area contributed by atoms with Gasteiger partial charge in [0, 0.05) is 30.1 Å². The maximum atomic E-state index is 6.20. The van der Waals surface area contributed by atoms with Crippen molar-refractivity contribution in [1.29, 1.82) is 0 Å². The molecule has 0 aliphatic rings. The lowest BCUT2D eigenvalue weighted by Gasteiger charge is -2.02. The third-order valence-electron chi connectivity index (χ3n) is 3.94.